The van der Waals surface area contributed by atoms with Crippen LogP contribution in [0.4, 0.5) is 5.69 Å². The third-order valence-corrected chi connectivity index (χ3v) is 4.46. The summed E-state index contributed by atoms with van der Waals surface area (Å²) in [5.74, 6) is 0. The Morgan fingerprint density at radius 1 is 1.14 bits per heavy atom. The summed E-state index contributed by atoms with van der Waals surface area (Å²) >= 11 is 7.11. The molecule has 0 amide bonds. The molecular weight excluding hydrogens is 394 g/mol. The fraction of sp³-hybridized carbons (Fsp3) is 0.294. The van der Waals surface area contributed by atoms with Crippen LogP contribution in [0.25, 0.3) is 0 Å². The van der Waals surface area contributed by atoms with Crippen molar-refractivity contribution in [3.05, 3.63) is 62.5 Å². The summed E-state index contributed by atoms with van der Waals surface area (Å²) in [7, 11) is 0. The zero-order valence-electron chi connectivity index (χ0n) is 12.2. The summed E-state index contributed by atoms with van der Waals surface area (Å²) in [5.41, 5.74) is 3.53. The van der Waals surface area contributed by atoms with Crippen LogP contribution in [0.1, 0.15) is 31.0 Å². The molecule has 0 heterocycles. The molecule has 0 fully saturated rings. The number of ether oxygens (including phenoxy) is 1. The maximum absolute atomic E-state index is 5.53. The number of rotatable bonds is 6. The van der Waals surface area contributed by atoms with Gasteiger partial charge in [-0.25, -0.2) is 0 Å². The molecule has 0 aromatic heterocycles. The van der Waals surface area contributed by atoms with E-state index in [0.29, 0.717) is 6.61 Å². The predicted octanol–water partition coefficient (Wildman–Crippen LogP) is 5.92. The minimum atomic E-state index is 0.204. The lowest BCUT2D eigenvalue weighted by atomic mass is 10.1. The average molecular weight is 413 g/mol. The smallest absolute Gasteiger partial charge is 0.0736 e. The normalized spacial score (nSPS) is 12.2. The Bertz CT molecular complexity index is 601. The third kappa shape index (κ3) is 4.56. The lowest BCUT2D eigenvalue weighted by Crippen LogP contribution is -2.09. The molecule has 2 nitrogen and oxygen atoms in total. The maximum Gasteiger partial charge on any atom is 0.0736 e. The van der Waals surface area contributed by atoms with Crippen LogP contribution in [0.3, 0.4) is 0 Å². The Balaban J connectivity index is 2.17. The van der Waals surface area contributed by atoms with Crippen LogP contribution in [-0.4, -0.2) is 6.61 Å². The molecule has 4 heteroatoms. The number of anilines is 1. The van der Waals surface area contributed by atoms with Gasteiger partial charge in [0.05, 0.1) is 6.61 Å². The van der Waals surface area contributed by atoms with Gasteiger partial charge < -0.3 is 10.1 Å². The summed E-state index contributed by atoms with van der Waals surface area (Å²) in [4.78, 5) is 0. The van der Waals surface area contributed by atoms with Gasteiger partial charge in [-0.1, -0.05) is 56.1 Å². The van der Waals surface area contributed by atoms with Crippen molar-refractivity contribution < 1.29 is 4.74 Å². The first-order chi connectivity index (χ1) is 10.1. The van der Waals surface area contributed by atoms with Crippen molar-refractivity contribution >= 4 is 37.5 Å². The van der Waals surface area contributed by atoms with Gasteiger partial charge in [-0.15, -0.1) is 0 Å². The number of para-hydroxylation sites is 1. The van der Waals surface area contributed by atoms with Crippen LogP contribution in [-0.2, 0) is 11.3 Å². The SMILES string of the molecule is CCOCc1ccccc1NC(C)c1ccc(Br)cc1Br. The van der Waals surface area contributed by atoms with Gasteiger partial charge in [0.2, 0.25) is 0 Å². The molecule has 0 aliphatic heterocycles. The number of benzene rings is 2. The van der Waals surface area contributed by atoms with E-state index >= 15 is 0 Å². The molecule has 0 aliphatic carbocycles. The Labute approximate surface area is 143 Å². The van der Waals surface area contributed by atoms with E-state index in [1.54, 1.807) is 0 Å². The van der Waals surface area contributed by atoms with Crippen molar-refractivity contribution in [2.24, 2.45) is 0 Å². The number of nitrogens with one attached hydrogen (secondary N) is 1. The van der Waals surface area contributed by atoms with E-state index in [0.717, 1.165) is 21.2 Å². The highest BCUT2D eigenvalue weighted by Crippen LogP contribution is 2.30. The standard InChI is InChI=1S/C17H19Br2NO/c1-3-21-11-13-6-4-5-7-17(13)20-12(2)15-9-8-14(18)10-16(15)19/h4-10,12,20H,3,11H2,1-2H3. The van der Waals surface area contributed by atoms with E-state index in [4.69, 9.17) is 4.74 Å². The highest BCUT2D eigenvalue weighted by atomic mass is 79.9. The molecule has 1 unspecified atom stereocenters. The summed E-state index contributed by atoms with van der Waals surface area (Å²) in [6, 6.07) is 14.7. The first kappa shape index (κ1) is 16.5. The Morgan fingerprint density at radius 3 is 2.62 bits per heavy atom. The second-order valence-corrected chi connectivity index (χ2v) is 6.60. The molecule has 0 bridgehead atoms. The van der Waals surface area contributed by atoms with E-state index in [2.05, 4.69) is 74.4 Å². The molecule has 2 rings (SSSR count). The van der Waals surface area contributed by atoms with Crippen LogP contribution in [0.2, 0.25) is 0 Å². The fourth-order valence-electron chi connectivity index (χ4n) is 2.16. The molecule has 1 atom stereocenters. The van der Waals surface area contributed by atoms with Crippen LogP contribution in [0.15, 0.2) is 51.4 Å². The molecule has 112 valence electrons. The van der Waals surface area contributed by atoms with Crippen LogP contribution in [0.5, 0.6) is 0 Å². The van der Waals surface area contributed by atoms with Crippen molar-refractivity contribution in [1.29, 1.82) is 0 Å². The van der Waals surface area contributed by atoms with E-state index in [-0.39, 0.29) is 6.04 Å². The van der Waals surface area contributed by atoms with Crippen molar-refractivity contribution in [2.45, 2.75) is 26.5 Å². The lowest BCUT2D eigenvalue weighted by Gasteiger charge is -2.20. The second-order valence-electron chi connectivity index (χ2n) is 4.83. The Hall–Kier alpha value is -0.840. The van der Waals surface area contributed by atoms with Crippen molar-refractivity contribution in [3.8, 4) is 0 Å². The molecule has 2 aromatic carbocycles. The summed E-state index contributed by atoms with van der Waals surface area (Å²) in [5, 5.41) is 3.57. The van der Waals surface area contributed by atoms with Crippen LogP contribution in [0, 0.1) is 0 Å². The zero-order valence-corrected chi connectivity index (χ0v) is 15.4. The first-order valence-corrected chi connectivity index (χ1v) is 8.57. The van der Waals surface area contributed by atoms with E-state index in [1.165, 1.54) is 11.1 Å². The number of hydrogen-bond donors (Lipinski definition) is 1. The molecule has 0 saturated heterocycles. The lowest BCUT2D eigenvalue weighted by molar-refractivity contribution is 0.134. The molecule has 1 N–H and O–H groups in total. The molecule has 2 aromatic rings. The molecule has 0 saturated carbocycles. The van der Waals surface area contributed by atoms with Gasteiger partial charge in [-0.2, -0.15) is 0 Å². The molecule has 0 spiro atoms. The molecule has 0 aliphatic rings. The average Bonchev–Trinajstić information content (AvgIpc) is 2.46. The highest BCUT2D eigenvalue weighted by molar-refractivity contribution is 9.11. The molecule has 21 heavy (non-hydrogen) atoms. The summed E-state index contributed by atoms with van der Waals surface area (Å²) in [6.07, 6.45) is 0. The van der Waals surface area contributed by atoms with E-state index in [9.17, 15) is 0 Å². The van der Waals surface area contributed by atoms with Crippen molar-refractivity contribution in [2.75, 3.05) is 11.9 Å². The van der Waals surface area contributed by atoms with Gasteiger partial charge in [-0.3, -0.25) is 0 Å². The topological polar surface area (TPSA) is 21.3 Å². The summed E-state index contributed by atoms with van der Waals surface area (Å²) in [6.45, 7) is 5.53. The zero-order chi connectivity index (χ0) is 15.2. The fourth-order valence-corrected chi connectivity index (χ4v) is 3.55. The van der Waals surface area contributed by atoms with Crippen LogP contribution < -0.4 is 5.32 Å². The van der Waals surface area contributed by atoms with Gasteiger partial charge in [-0.05, 0) is 37.6 Å². The maximum atomic E-state index is 5.53. The van der Waals surface area contributed by atoms with Crippen LogP contribution >= 0.6 is 31.9 Å². The largest absolute Gasteiger partial charge is 0.378 e. The van der Waals surface area contributed by atoms with Gasteiger partial charge in [0, 0.05) is 32.8 Å². The molecule has 0 radical (unpaired) electrons. The highest BCUT2D eigenvalue weighted by Gasteiger charge is 2.11. The number of halogens is 2. The first-order valence-electron chi connectivity index (χ1n) is 6.99. The molecular formula is C17H19Br2NO. The van der Waals surface area contributed by atoms with E-state index < -0.39 is 0 Å². The van der Waals surface area contributed by atoms with E-state index in [1.807, 2.05) is 19.1 Å². The Kier molecular flexibility index (Phi) is 6.27. The predicted molar refractivity (Wildman–Crippen MR) is 95.7 cm³/mol. The van der Waals surface area contributed by atoms with Crippen molar-refractivity contribution in [1.82, 2.24) is 0 Å². The van der Waals surface area contributed by atoms with Gasteiger partial charge in [0.15, 0.2) is 0 Å². The second kappa shape index (κ2) is 7.97. The van der Waals surface area contributed by atoms with Gasteiger partial charge in [0.25, 0.3) is 0 Å². The minimum Gasteiger partial charge on any atom is -0.378 e. The minimum absolute atomic E-state index is 0.204. The van der Waals surface area contributed by atoms with Crippen molar-refractivity contribution in [3.63, 3.8) is 0 Å². The number of hydrogen-bond acceptors (Lipinski definition) is 2. The van der Waals surface area contributed by atoms with Gasteiger partial charge >= 0.3 is 0 Å². The quantitative estimate of drug-likeness (QED) is 0.635. The Morgan fingerprint density at radius 2 is 1.90 bits per heavy atom. The third-order valence-electron chi connectivity index (χ3n) is 3.28. The summed E-state index contributed by atoms with van der Waals surface area (Å²) < 4.78 is 7.70. The van der Waals surface area contributed by atoms with Gasteiger partial charge in [0.1, 0.15) is 0 Å². The monoisotopic (exact) mass is 411 g/mol.